The van der Waals surface area contributed by atoms with Crippen LogP contribution in [0.3, 0.4) is 0 Å². The van der Waals surface area contributed by atoms with Crippen molar-refractivity contribution < 1.29 is 9.53 Å². The van der Waals surface area contributed by atoms with Gasteiger partial charge in [-0.05, 0) is 44.4 Å². The number of hydrogen-bond acceptors (Lipinski definition) is 3. The van der Waals surface area contributed by atoms with Crippen molar-refractivity contribution in [3.05, 3.63) is 74.7 Å². The number of nitrogens with zero attached hydrogens (tertiary/aromatic N) is 1. The maximum absolute atomic E-state index is 12.3. The number of benzene rings is 3. The first kappa shape index (κ1) is 18.6. The molecule has 1 N–H and O–H groups in total. The van der Waals surface area contributed by atoms with E-state index in [-0.39, 0.29) is 12.3 Å². The highest BCUT2D eigenvalue weighted by atomic mass is 79.9. The average molecular weight is 476 g/mol. The Kier molecular flexibility index (Phi) is 6.06. The Balaban J connectivity index is 1.72. The summed E-state index contributed by atoms with van der Waals surface area (Å²) in [7, 11) is 1.59. The average Bonchev–Trinajstić information content (AvgIpc) is 2.62. The van der Waals surface area contributed by atoms with Crippen molar-refractivity contribution in [1.82, 2.24) is 5.43 Å². The number of halogens is 2. The smallest absolute Gasteiger partial charge is 0.244 e. The maximum atomic E-state index is 12.3. The zero-order valence-electron chi connectivity index (χ0n) is 14.0. The van der Waals surface area contributed by atoms with Gasteiger partial charge >= 0.3 is 0 Å². The molecule has 0 heterocycles. The van der Waals surface area contributed by atoms with Crippen LogP contribution in [0.1, 0.15) is 11.1 Å². The van der Waals surface area contributed by atoms with E-state index in [1.54, 1.807) is 13.3 Å². The molecule has 132 valence electrons. The summed E-state index contributed by atoms with van der Waals surface area (Å²) in [6, 6.07) is 17.7. The Labute approximate surface area is 168 Å². The molecular weight excluding hydrogens is 460 g/mol. The van der Waals surface area contributed by atoms with Gasteiger partial charge in [-0.1, -0.05) is 58.4 Å². The fraction of sp³-hybridized carbons (Fsp3) is 0.100. The molecule has 3 aromatic carbocycles. The Hall–Kier alpha value is -2.18. The fourth-order valence-electron chi connectivity index (χ4n) is 2.72. The van der Waals surface area contributed by atoms with Crippen molar-refractivity contribution in [2.75, 3.05) is 7.11 Å². The van der Waals surface area contributed by atoms with Gasteiger partial charge in [0.2, 0.25) is 5.91 Å². The molecule has 1 amide bonds. The fourth-order valence-corrected chi connectivity index (χ4v) is 4.14. The monoisotopic (exact) mass is 474 g/mol. The Morgan fingerprint density at radius 1 is 1.15 bits per heavy atom. The minimum Gasteiger partial charge on any atom is -0.495 e. The summed E-state index contributed by atoms with van der Waals surface area (Å²) >= 11 is 6.87. The first-order chi connectivity index (χ1) is 12.6. The SMILES string of the molecule is COc1c(Br)cc(Br)cc1C=NNC(=O)Cc1cccc2ccccc12. The standard InChI is InChI=1S/C20H16Br2N2O2/c1-26-20-15(9-16(21)11-18(20)22)12-23-24-19(25)10-14-7-4-6-13-5-2-3-8-17(13)14/h2-9,11-12H,10H2,1H3,(H,24,25). The zero-order chi connectivity index (χ0) is 18.5. The molecule has 0 saturated heterocycles. The van der Waals surface area contributed by atoms with E-state index in [9.17, 15) is 4.79 Å². The Morgan fingerprint density at radius 3 is 2.73 bits per heavy atom. The van der Waals surface area contributed by atoms with Gasteiger partial charge in [-0.2, -0.15) is 5.10 Å². The van der Waals surface area contributed by atoms with Crippen LogP contribution in [0.15, 0.2) is 68.6 Å². The quantitative estimate of drug-likeness (QED) is 0.414. The predicted molar refractivity (Wildman–Crippen MR) is 112 cm³/mol. The molecule has 0 bridgehead atoms. The van der Waals surface area contributed by atoms with Gasteiger partial charge in [-0.15, -0.1) is 0 Å². The highest BCUT2D eigenvalue weighted by Gasteiger charge is 2.09. The highest BCUT2D eigenvalue weighted by molar-refractivity contribution is 9.11. The third kappa shape index (κ3) is 4.31. The molecule has 4 nitrogen and oxygen atoms in total. The van der Waals surface area contributed by atoms with E-state index >= 15 is 0 Å². The van der Waals surface area contributed by atoms with E-state index in [1.165, 1.54) is 0 Å². The number of ether oxygens (including phenoxy) is 1. The molecule has 3 rings (SSSR count). The number of methoxy groups -OCH3 is 1. The van der Waals surface area contributed by atoms with Gasteiger partial charge in [0.1, 0.15) is 5.75 Å². The number of carbonyl (C=O) groups excluding carboxylic acids is 1. The van der Waals surface area contributed by atoms with E-state index in [2.05, 4.69) is 42.4 Å². The lowest BCUT2D eigenvalue weighted by molar-refractivity contribution is -0.120. The molecule has 0 aliphatic heterocycles. The van der Waals surface area contributed by atoms with Gasteiger partial charge in [0, 0.05) is 10.0 Å². The lowest BCUT2D eigenvalue weighted by atomic mass is 10.0. The van der Waals surface area contributed by atoms with Crippen molar-refractivity contribution in [2.45, 2.75) is 6.42 Å². The number of amides is 1. The Bertz CT molecular complexity index is 981. The molecule has 0 aliphatic rings. The summed E-state index contributed by atoms with van der Waals surface area (Å²) in [5.74, 6) is 0.478. The van der Waals surface area contributed by atoms with Gasteiger partial charge in [0.25, 0.3) is 0 Å². The minimum atomic E-state index is -0.175. The summed E-state index contributed by atoms with van der Waals surface area (Å²) in [6.07, 6.45) is 1.83. The zero-order valence-corrected chi connectivity index (χ0v) is 17.2. The second-order valence-electron chi connectivity index (χ2n) is 5.62. The van der Waals surface area contributed by atoms with Crippen molar-refractivity contribution in [2.24, 2.45) is 5.10 Å². The van der Waals surface area contributed by atoms with Gasteiger partial charge in [-0.25, -0.2) is 5.43 Å². The molecule has 0 aromatic heterocycles. The van der Waals surface area contributed by atoms with Crippen molar-refractivity contribution >= 4 is 54.8 Å². The topological polar surface area (TPSA) is 50.7 Å². The van der Waals surface area contributed by atoms with Crippen molar-refractivity contribution in [1.29, 1.82) is 0 Å². The maximum Gasteiger partial charge on any atom is 0.244 e. The Morgan fingerprint density at radius 2 is 1.92 bits per heavy atom. The first-order valence-electron chi connectivity index (χ1n) is 7.90. The van der Waals surface area contributed by atoms with E-state index in [4.69, 9.17) is 4.74 Å². The molecule has 0 fully saturated rings. The minimum absolute atomic E-state index is 0.175. The van der Waals surface area contributed by atoms with E-state index in [0.29, 0.717) is 5.75 Å². The highest BCUT2D eigenvalue weighted by Crippen LogP contribution is 2.31. The summed E-state index contributed by atoms with van der Waals surface area (Å²) in [5.41, 5.74) is 4.30. The van der Waals surface area contributed by atoms with E-state index in [0.717, 1.165) is 30.8 Å². The van der Waals surface area contributed by atoms with Crippen LogP contribution in [0.2, 0.25) is 0 Å². The van der Waals surface area contributed by atoms with Gasteiger partial charge < -0.3 is 4.74 Å². The number of hydrogen-bond donors (Lipinski definition) is 1. The molecule has 0 unspecified atom stereocenters. The number of fused-ring (bicyclic) bond motifs is 1. The summed E-state index contributed by atoms with van der Waals surface area (Å²) < 4.78 is 7.05. The van der Waals surface area contributed by atoms with Gasteiger partial charge in [-0.3, -0.25) is 4.79 Å². The van der Waals surface area contributed by atoms with E-state index in [1.807, 2.05) is 54.6 Å². The van der Waals surface area contributed by atoms with Crippen LogP contribution < -0.4 is 10.2 Å². The predicted octanol–water partition coefficient (Wildman–Crippen LogP) is 5.07. The molecule has 0 atom stereocenters. The molecule has 26 heavy (non-hydrogen) atoms. The largest absolute Gasteiger partial charge is 0.495 e. The second kappa shape index (κ2) is 8.47. The van der Waals surface area contributed by atoms with Gasteiger partial charge in [0.05, 0.1) is 24.2 Å². The number of nitrogens with one attached hydrogen (secondary N) is 1. The van der Waals surface area contributed by atoms with Crippen molar-refractivity contribution in [3.8, 4) is 5.75 Å². The number of hydrazone groups is 1. The molecule has 3 aromatic rings. The van der Waals surface area contributed by atoms with Gasteiger partial charge in [0.15, 0.2) is 0 Å². The molecule has 0 spiro atoms. The third-order valence-corrected chi connectivity index (χ3v) is 4.91. The molecular formula is C20H16Br2N2O2. The normalized spacial score (nSPS) is 11.0. The van der Waals surface area contributed by atoms with E-state index < -0.39 is 0 Å². The summed E-state index contributed by atoms with van der Waals surface area (Å²) in [5, 5.41) is 6.25. The molecule has 6 heteroatoms. The van der Waals surface area contributed by atoms with Crippen LogP contribution in [0.4, 0.5) is 0 Å². The summed E-state index contributed by atoms with van der Waals surface area (Å²) in [4.78, 5) is 12.3. The van der Waals surface area contributed by atoms with Crippen LogP contribution in [-0.2, 0) is 11.2 Å². The van der Waals surface area contributed by atoms with Crippen LogP contribution in [-0.4, -0.2) is 19.2 Å². The number of carbonyl (C=O) groups is 1. The molecule has 0 radical (unpaired) electrons. The molecule has 0 saturated carbocycles. The van der Waals surface area contributed by atoms with Crippen LogP contribution in [0.5, 0.6) is 5.75 Å². The third-order valence-electron chi connectivity index (χ3n) is 3.87. The van der Waals surface area contributed by atoms with Crippen LogP contribution >= 0.6 is 31.9 Å². The van der Waals surface area contributed by atoms with Crippen molar-refractivity contribution in [3.63, 3.8) is 0 Å². The lowest BCUT2D eigenvalue weighted by Crippen LogP contribution is -2.20. The summed E-state index contributed by atoms with van der Waals surface area (Å²) in [6.45, 7) is 0. The number of rotatable bonds is 5. The second-order valence-corrected chi connectivity index (χ2v) is 7.39. The lowest BCUT2D eigenvalue weighted by Gasteiger charge is -2.08. The molecule has 0 aliphatic carbocycles. The first-order valence-corrected chi connectivity index (χ1v) is 9.48. The van der Waals surface area contributed by atoms with Crippen LogP contribution in [0.25, 0.3) is 10.8 Å². The van der Waals surface area contributed by atoms with Crippen LogP contribution in [0, 0.1) is 0 Å².